The van der Waals surface area contributed by atoms with Crippen LogP contribution in [0.3, 0.4) is 0 Å². The molecule has 3 aromatic rings. The van der Waals surface area contributed by atoms with Gasteiger partial charge in [-0.3, -0.25) is 9.48 Å². The maximum absolute atomic E-state index is 14.8. The van der Waals surface area contributed by atoms with Crippen LogP contribution in [0.25, 0.3) is 0 Å². The number of amides is 1. The Kier molecular flexibility index (Phi) is 6.46. The number of hydrogen-bond donors (Lipinski definition) is 3. The van der Waals surface area contributed by atoms with Crippen molar-refractivity contribution in [2.75, 3.05) is 36.5 Å². The van der Waals surface area contributed by atoms with Crippen molar-refractivity contribution in [2.45, 2.75) is 25.4 Å². The molecule has 34 heavy (non-hydrogen) atoms. The first-order valence-corrected chi connectivity index (χ1v) is 11.7. The molecule has 2 aromatic carbocycles. The summed E-state index contributed by atoms with van der Waals surface area (Å²) in [5.74, 6) is 0.175. The first-order valence-electron chi connectivity index (χ1n) is 11.7. The molecule has 0 radical (unpaired) electrons. The number of aromatic nitrogens is 2. The minimum absolute atomic E-state index is 0.166. The zero-order chi connectivity index (χ0) is 23.5. The number of piperazine rings is 1. The summed E-state index contributed by atoms with van der Waals surface area (Å²) in [5, 5.41) is 14.5. The number of nitrogens with one attached hydrogen (secondary N) is 3. The molecular formula is C25H29FN6O2. The maximum Gasteiger partial charge on any atom is 0.258 e. The van der Waals surface area contributed by atoms with Gasteiger partial charge in [0.05, 0.1) is 30.7 Å². The van der Waals surface area contributed by atoms with Gasteiger partial charge in [0.25, 0.3) is 5.91 Å². The second-order valence-corrected chi connectivity index (χ2v) is 8.67. The molecule has 1 fully saturated rings. The number of anilines is 3. The molecule has 1 aromatic heterocycles. The summed E-state index contributed by atoms with van der Waals surface area (Å²) in [6, 6.07) is 12.4. The number of aryl methyl sites for hydroxylation is 1. The van der Waals surface area contributed by atoms with Crippen LogP contribution in [0, 0.1) is 5.82 Å². The number of carbonyl (C=O) groups is 1. The van der Waals surface area contributed by atoms with E-state index >= 15 is 0 Å². The lowest BCUT2D eigenvalue weighted by Crippen LogP contribution is -2.48. The minimum atomic E-state index is -0.536. The zero-order valence-corrected chi connectivity index (χ0v) is 19.2. The molecule has 3 N–H and O–H groups in total. The molecular weight excluding hydrogens is 435 g/mol. The largest absolute Gasteiger partial charge is 0.491 e. The molecule has 0 spiro atoms. The number of para-hydroxylation sites is 2. The van der Waals surface area contributed by atoms with Gasteiger partial charge in [-0.25, -0.2) is 4.39 Å². The number of nitrogens with zero attached hydrogens (tertiary/aromatic N) is 3. The van der Waals surface area contributed by atoms with E-state index in [0.29, 0.717) is 19.2 Å². The Hall–Kier alpha value is -3.43. The van der Waals surface area contributed by atoms with E-state index in [0.717, 1.165) is 55.2 Å². The Morgan fingerprint density at radius 1 is 1.24 bits per heavy atom. The number of halogens is 1. The monoisotopic (exact) mass is 464 g/mol. The summed E-state index contributed by atoms with van der Waals surface area (Å²) in [7, 11) is 1.85. The number of ether oxygens (including phenoxy) is 1. The fourth-order valence-electron chi connectivity index (χ4n) is 4.47. The van der Waals surface area contributed by atoms with E-state index in [-0.39, 0.29) is 17.2 Å². The highest BCUT2D eigenvalue weighted by atomic mass is 19.1. The molecule has 0 saturated carbocycles. The standard InChI is InChI=1S/C25H29FN6O2/c1-31-24-18(14-29-31)16-32(22-7-3-2-6-21(22)30-24)25(33)17-8-9-23(20(26)13-17)34-12-4-5-19-15-27-10-11-28-19/h2-3,6-9,13-14,19,27-28,30H,4-5,10-12,15-16H2,1H3. The van der Waals surface area contributed by atoms with Gasteiger partial charge >= 0.3 is 0 Å². The van der Waals surface area contributed by atoms with Gasteiger partial charge < -0.3 is 25.6 Å². The van der Waals surface area contributed by atoms with E-state index in [2.05, 4.69) is 21.0 Å². The van der Waals surface area contributed by atoms with Crippen molar-refractivity contribution in [1.82, 2.24) is 20.4 Å². The average Bonchev–Trinajstić information content (AvgIpc) is 3.10. The highest BCUT2D eigenvalue weighted by molar-refractivity contribution is 6.08. The predicted octanol–water partition coefficient (Wildman–Crippen LogP) is 3.18. The molecule has 0 bridgehead atoms. The van der Waals surface area contributed by atoms with E-state index in [1.165, 1.54) is 6.07 Å². The number of hydrogen-bond acceptors (Lipinski definition) is 6. The highest BCUT2D eigenvalue weighted by Crippen LogP contribution is 2.36. The van der Waals surface area contributed by atoms with Crippen molar-refractivity contribution >= 4 is 23.1 Å². The summed E-state index contributed by atoms with van der Waals surface area (Å²) < 4.78 is 22.2. The maximum atomic E-state index is 14.8. The fraction of sp³-hybridized carbons (Fsp3) is 0.360. The smallest absolute Gasteiger partial charge is 0.258 e. The summed E-state index contributed by atoms with van der Waals surface area (Å²) in [5.41, 5.74) is 2.68. The summed E-state index contributed by atoms with van der Waals surface area (Å²) >= 11 is 0. The van der Waals surface area contributed by atoms with Crippen LogP contribution >= 0.6 is 0 Å². The van der Waals surface area contributed by atoms with Gasteiger partial charge in [0.2, 0.25) is 0 Å². The van der Waals surface area contributed by atoms with Crippen LogP contribution in [-0.4, -0.2) is 48.0 Å². The first kappa shape index (κ1) is 22.4. The summed E-state index contributed by atoms with van der Waals surface area (Å²) in [4.78, 5) is 15.1. The van der Waals surface area contributed by atoms with Gasteiger partial charge in [0.1, 0.15) is 5.82 Å². The van der Waals surface area contributed by atoms with Gasteiger partial charge in [0, 0.05) is 43.9 Å². The SMILES string of the molecule is Cn1ncc2c1Nc1ccccc1N(C(=O)c1ccc(OCCCC3CNCCN3)c(F)c1)C2. The van der Waals surface area contributed by atoms with Crippen molar-refractivity contribution in [1.29, 1.82) is 0 Å². The third-order valence-electron chi connectivity index (χ3n) is 6.29. The molecule has 8 nitrogen and oxygen atoms in total. The molecule has 2 aliphatic rings. The van der Waals surface area contributed by atoms with E-state index in [9.17, 15) is 9.18 Å². The Bertz CT molecular complexity index is 1170. The Morgan fingerprint density at radius 2 is 2.12 bits per heavy atom. The zero-order valence-electron chi connectivity index (χ0n) is 19.2. The molecule has 9 heteroatoms. The predicted molar refractivity (Wildman–Crippen MR) is 129 cm³/mol. The lowest BCUT2D eigenvalue weighted by molar-refractivity contribution is 0.0985. The van der Waals surface area contributed by atoms with E-state index in [1.807, 2.05) is 31.3 Å². The Labute approximate surface area is 198 Å². The third kappa shape index (κ3) is 4.62. The number of fused-ring (bicyclic) bond motifs is 2. The second kappa shape index (κ2) is 9.82. The molecule has 1 amide bonds. The number of benzene rings is 2. The van der Waals surface area contributed by atoms with Crippen LogP contribution < -0.4 is 25.6 Å². The summed E-state index contributed by atoms with van der Waals surface area (Å²) in [6.45, 7) is 3.66. The van der Waals surface area contributed by atoms with Crippen LogP contribution in [0.4, 0.5) is 21.6 Å². The number of carbonyl (C=O) groups excluding carboxylic acids is 1. The van der Waals surface area contributed by atoms with E-state index in [1.54, 1.807) is 27.9 Å². The van der Waals surface area contributed by atoms with E-state index < -0.39 is 5.82 Å². The fourth-order valence-corrected chi connectivity index (χ4v) is 4.47. The molecule has 1 unspecified atom stereocenters. The van der Waals surface area contributed by atoms with Crippen molar-refractivity contribution in [3.05, 3.63) is 65.6 Å². The quantitative estimate of drug-likeness (QED) is 0.486. The van der Waals surface area contributed by atoms with Crippen molar-refractivity contribution < 1.29 is 13.9 Å². The molecule has 5 rings (SSSR count). The lowest BCUT2D eigenvalue weighted by Gasteiger charge is -2.24. The van der Waals surface area contributed by atoms with Crippen LogP contribution in [-0.2, 0) is 13.6 Å². The molecule has 1 saturated heterocycles. The molecule has 178 valence electrons. The van der Waals surface area contributed by atoms with Crippen LogP contribution in [0.5, 0.6) is 5.75 Å². The normalized spacial score (nSPS) is 17.4. The first-order chi connectivity index (χ1) is 16.6. The third-order valence-corrected chi connectivity index (χ3v) is 6.29. The van der Waals surface area contributed by atoms with E-state index in [4.69, 9.17) is 4.74 Å². The second-order valence-electron chi connectivity index (χ2n) is 8.67. The van der Waals surface area contributed by atoms with Gasteiger partial charge in [0.15, 0.2) is 11.6 Å². The minimum Gasteiger partial charge on any atom is -0.491 e. The van der Waals surface area contributed by atoms with Crippen molar-refractivity contribution in [3.63, 3.8) is 0 Å². The molecule has 1 atom stereocenters. The molecule has 0 aliphatic carbocycles. The summed E-state index contributed by atoms with van der Waals surface area (Å²) in [6.07, 6.45) is 3.53. The van der Waals surface area contributed by atoms with Crippen LogP contribution in [0.1, 0.15) is 28.8 Å². The average molecular weight is 465 g/mol. The van der Waals surface area contributed by atoms with Crippen LogP contribution in [0.15, 0.2) is 48.7 Å². The lowest BCUT2D eigenvalue weighted by atomic mass is 10.1. The van der Waals surface area contributed by atoms with Crippen molar-refractivity contribution in [3.8, 4) is 5.75 Å². The van der Waals surface area contributed by atoms with Crippen molar-refractivity contribution in [2.24, 2.45) is 7.05 Å². The number of rotatable bonds is 6. The Balaban J connectivity index is 1.29. The molecule has 2 aliphatic heterocycles. The van der Waals surface area contributed by atoms with Gasteiger partial charge in [-0.15, -0.1) is 0 Å². The van der Waals surface area contributed by atoms with Gasteiger partial charge in [-0.05, 0) is 43.2 Å². The van der Waals surface area contributed by atoms with Gasteiger partial charge in [-0.2, -0.15) is 5.10 Å². The Morgan fingerprint density at radius 3 is 2.94 bits per heavy atom. The topological polar surface area (TPSA) is 83.5 Å². The van der Waals surface area contributed by atoms with Gasteiger partial charge in [-0.1, -0.05) is 12.1 Å². The highest BCUT2D eigenvalue weighted by Gasteiger charge is 2.27. The molecule has 3 heterocycles. The van der Waals surface area contributed by atoms with Crippen LogP contribution in [0.2, 0.25) is 0 Å².